The Balaban J connectivity index is 1.43. The van der Waals surface area contributed by atoms with E-state index in [0.29, 0.717) is 37.7 Å². The summed E-state index contributed by atoms with van der Waals surface area (Å²) in [5.74, 6) is 1.26. The van der Waals surface area contributed by atoms with Crippen LogP contribution in [0.4, 0.5) is 10.3 Å². The van der Waals surface area contributed by atoms with Gasteiger partial charge < -0.3 is 14.4 Å². The largest absolute Gasteiger partial charge is 0.339 e. The number of carbonyl (C=O) groups excluding carboxylic acids is 1. The first kappa shape index (κ1) is 20.0. The molecule has 0 saturated carbocycles. The smallest absolute Gasteiger partial charge is 0.230 e. The zero-order valence-corrected chi connectivity index (χ0v) is 17.3. The molecule has 0 N–H and O–H groups in total. The summed E-state index contributed by atoms with van der Waals surface area (Å²) >= 11 is 0. The van der Waals surface area contributed by atoms with E-state index in [4.69, 9.17) is 0 Å². The maximum atomic E-state index is 13.6. The van der Waals surface area contributed by atoms with Crippen LogP contribution in [0.1, 0.15) is 18.3 Å². The number of imidazole rings is 1. The fourth-order valence-corrected chi connectivity index (χ4v) is 3.67. The van der Waals surface area contributed by atoms with E-state index in [2.05, 4.69) is 19.9 Å². The number of carbonyl (C=O) groups is 1. The number of aryl methyl sites for hydroxylation is 2. The number of rotatable bonds is 5. The normalized spacial score (nSPS) is 14.2. The van der Waals surface area contributed by atoms with Gasteiger partial charge in [0.25, 0.3) is 0 Å². The molecule has 0 bridgehead atoms. The number of aromatic nitrogens is 4. The maximum Gasteiger partial charge on any atom is 0.230 e. The average Bonchev–Trinajstić information content (AvgIpc) is 3.19. The minimum absolute atomic E-state index is 0.0609. The highest BCUT2D eigenvalue weighted by Crippen LogP contribution is 2.22. The van der Waals surface area contributed by atoms with Crippen LogP contribution in [0.3, 0.4) is 0 Å². The van der Waals surface area contributed by atoms with Crippen LogP contribution in [0.2, 0.25) is 0 Å². The summed E-state index contributed by atoms with van der Waals surface area (Å²) in [5.41, 5.74) is 2.19. The van der Waals surface area contributed by atoms with E-state index in [0.717, 1.165) is 23.6 Å². The number of hydrogen-bond donors (Lipinski definition) is 0. The highest BCUT2D eigenvalue weighted by Gasteiger charge is 2.24. The highest BCUT2D eigenvalue weighted by molar-refractivity contribution is 5.78. The molecule has 7 nitrogen and oxygen atoms in total. The second-order valence-corrected chi connectivity index (χ2v) is 7.39. The van der Waals surface area contributed by atoms with Crippen molar-refractivity contribution in [2.24, 2.45) is 0 Å². The fraction of sp³-hybridized carbons (Fsp3) is 0.364. The average molecular weight is 408 g/mol. The quantitative estimate of drug-likeness (QED) is 0.649. The molecule has 0 unspecified atom stereocenters. The summed E-state index contributed by atoms with van der Waals surface area (Å²) in [4.78, 5) is 30.1. The molecule has 1 saturated heterocycles. The minimum atomic E-state index is -0.232. The lowest BCUT2D eigenvalue weighted by Crippen LogP contribution is -2.49. The molecule has 4 rings (SSSR count). The van der Waals surface area contributed by atoms with Crippen LogP contribution in [0.15, 0.2) is 42.9 Å². The number of hydrogen-bond acceptors (Lipinski definition) is 5. The summed E-state index contributed by atoms with van der Waals surface area (Å²) in [6.45, 7) is 7.15. The Labute approximate surface area is 175 Å². The highest BCUT2D eigenvalue weighted by atomic mass is 19.1. The Kier molecular flexibility index (Phi) is 5.74. The van der Waals surface area contributed by atoms with Gasteiger partial charge in [-0.25, -0.2) is 19.3 Å². The van der Waals surface area contributed by atoms with E-state index in [1.165, 1.54) is 6.07 Å². The SMILES string of the molecule is CCn1cc(-c2ccc(F)c(C)c2)nc1CC(=O)N1CCN(c2ncccn2)CC1. The lowest BCUT2D eigenvalue weighted by molar-refractivity contribution is -0.130. The lowest BCUT2D eigenvalue weighted by atomic mass is 10.1. The van der Waals surface area contributed by atoms with E-state index in [1.54, 1.807) is 37.5 Å². The second kappa shape index (κ2) is 8.61. The Morgan fingerprint density at radius 3 is 2.53 bits per heavy atom. The third kappa shape index (κ3) is 4.17. The molecule has 30 heavy (non-hydrogen) atoms. The molecule has 8 heteroatoms. The van der Waals surface area contributed by atoms with Gasteiger partial charge in [0.05, 0.1) is 12.1 Å². The number of anilines is 1. The first-order chi connectivity index (χ1) is 14.5. The maximum absolute atomic E-state index is 13.6. The summed E-state index contributed by atoms with van der Waals surface area (Å²) in [6.07, 6.45) is 5.63. The van der Waals surface area contributed by atoms with Crippen LogP contribution in [0.25, 0.3) is 11.3 Å². The zero-order chi connectivity index (χ0) is 21.1. The molecular weight excluding hydrogens is 383 g/mol. The monoisotopic (exact) mass is 408 g/mol. The predicted octanol–water partition coefficient (Wildman–Crippen LogP) is 2.70. The summed E-state index contributed by atoms with van der Waals surface area (Å²) in [7, 11) is 0. The minimum Gasteiger partial charge on any atom is -0.339 e. The van der Waals surface area contributed by atoms with Crippen molar-refractivity contribution in [1.82, 2.24) is 24.4 Å². The first-order valence-electron chi connectivity index (χ1n) is 10.2. The number of amides is 1. The molecule has 0 radical (unpaired) electrons. The van der Waals surface area contributed by atoms with Gasteiger partial charge in [0.1, 0.15) is 11.6 Å². The summed E-state index contributed by atoms with van der Waals surface area (Å²) < 4.78 is 15.6. The fourth-order valence-electron chi connectivity index (χ4n) is 3.67. The van der Waals surface area contributed by atoms with Crippen LogP contribution < -0.4 is 4.90 Å². The van der Waals surface area contributed by atoms with E-state index >= 15 is 0 Å². The molecule has 1 aromatic carbocycles. The molecule has 1 amide bonds. The van der Waals surface area contributed by atoms with Crippen LogP contribution in [0.5, 0.6) is 0 Å². The summed E-state index contributed by atoms with van der Waals surface area (Å²) in [6, 6.07) is 6.76. The Morgan fingerprint density at radius 1 is 1.13 bits per heavy atom. The molecule has 1 aliphatic rings. The van der Waals surface area contributed by atoms with Gasteiger partial charge in [0, 0.05) is 56.9 Å². The van der Waals surface area contributed by atoms with Gasteiger partial charge in [-0.15, -0.1) is 0 Å². The van der Waals surface area contributed by atoms with Gasteiger partial charge >= 0.3 is 0 Å². The molecule has 2 aromatic heterocycles. The molecule has 3 heterocycles. The van der Waals surface area contributed by atoms with E-state index in [9.17, 15) is 9.18 Å². The summed E-state index contributed by atoms with van der Waals surface area (Å²) in [5, 5.41) is 0. The molecule has 156 valence electrons. The van der Waals surface area contributed by atoms with Gasteiger partial charge in [0.2, 0.25) is 11.9 Å². The van der Waals surface area contributed by atoms with Crippen molar-refractivity contribution in [2.45, 2.75) is 26.8 Å². The molecule has 0 spiro atoms. The van der Waals surface area contributed by atoms with Crippen molar-refractivity contribution in [3.63, 3.8) is 0 Å². The van der Waals surface area contributed by atoms with Gasteiger partial charge in [-0.05, 0) is 43.7 Å². The molecular formula is C22H25FN6O. The number of halogens is 1. The van der Waals surface area contributed by atoms with Crippen LogP contribution >= 0.6 is 0 Å². The molecule has 1 fully saturated rings. The van der Waals surface area contributed by atoms with Crippen LogP contribution in [-0.4, -0.2) is 56.5 Å². The van der Waals surface area contributed by atoms with Crippen molar-refractivity contribution in [2.75, 3.05) is 31.1 Å². The van der Waals surface area contributed by atoms with E-state index in [-0.39, 0.29) is 18.1 Å². The van der Waals surface area contributed by atoms with Crippen LogP contribution in [0, 0.1) is 12.7 Å². The van der Waals surface area contributed by atoms with Crippen molar-refractivity contribution in [3.8, 4) is 11.3 Å². The van der Waals surface area contributed by atoms with E-state index in [1.807, 2.05) is 22.6 Å². The van der Waals surface area contributed by atoms with Crippen molar-refractivity contribution >= 4 is 11.9 Å². The molecule has 1 aliphatic heterocycles. The zero-order valence-electron chi connectivity index (χ0n) is 17.3. The van der Waals surface area contributed by atoms with Crippen molar-refractivity contribution in [1.29, 1.82) is 0 Å². The number of piperazine rings is 1. The Bertz CT molecular complexity index is 1030. The topological polar surface area (TPSA) is 67.2 Å². The van der Waals surface area contributed by atoms with Crippen molar-refractivity contribution in [3.05, 3.63) is 60.1 Å². The van der Waals surface area contributed by atoms with E-state index < -0.39 is 0 Å². The van der Waals surface area contributed by atoms with Gasteiger partial charge in [-0.3, -0.25) is 4.79 Å². The third-order valence-corrected chi connectivity index (χ3v) is 5.43. The second-order valence-electron chi connectivity index (χ2n) is 7.39. The van der Waals surface area contributed by atoms with Gasteiger partial charge in [-0.2, -0.15) is 0 Å². The number of nitrogens with zero attached hydrogens (tertiary/aromatic N) is 6. The molecule has 3 aromatic rings. The molecule has 0 atom stereocenters. The standard InChI is InChI=1S/C22H25FN6O/c1-3-27-15-19(17-5-6-18(23)16(2)13-17)26-20(27)14-21(30)28-9-11-29(12-10-28)22-24-7-4-8-25-22/h4-8,13,15H,3,9-12,14H2,1-2H3. The van der Waals surface area contributed by atoms with Gasteiger partial charge in [-0.1, -0.05) is 0 Å². The molecule has 0 aliphatic carbocycles. The third-order valence-electron chi connectivity index (χ3n) is 5.43. The number of benzene rings is 1. The Hall–Kier alpha value is -3.29. The lowest BCUT2D eigenvalue weighted by Gasteiger charge is -2.34. The predicted molar refractivity (Wildman–Crippen MR) is 113 cm³/mol. The van der Waals surface area contributed by atoms with Gasteiger partial charge in [0.15, 0.2) is 0 Å². The Morgan fingerprint density at radius 2 is 1.87 bits per heavy atom. The van der Waals surface area contributed by atoms with Crippen LogP contribution in [-0.2, 0) is 17.8 Å². The first-order valence-corrected chi connectivity index (χ1v) is 10.2. The van der Waals surface area contributed by atoms with Crippen molar-refractivity contribution < 1.29 is 9.18 Å².